The summed E-state index contributed by atoms with van der Waals surface area (Å²) in [5.74, 6) is 2.50. The number of amides is 1. The third kappa shape index (κ3) is 4.20. The number of carbonyl (C=O) groups excluding carboxylic acids is 1. The largest absolute Gasteiger partial charge is 0.508 e. The number of phenolic OH excluding ortho intramolecular Hbond substituents is 1. The topological polar surface area (TPSA) is 111 Å². The molecule has 10 heteroatoms. The lowest BCUT2D eigenvalue weighted by Crippen LogP contribution is -2.41. The van der Waals surface area contributed by atoms with E-state index in [1.54, 1.807) is 13.2 Å². The van der Waals surface area contributed by atoms with Crippen LogP contribution in [-0.4, -0.2) is 60.8 Å². The van der Waals surface area contributed by atoms with E-state index in [-0.39, 0.29) is 23.7 Å². The fourth-order valence-electron chi connectivity index (χ4n) is 7.40. The van der Waals surface area contributed by atoms with Gasteiger partial charge in [0.25, 0.3) is 5.91 Å². The molecule has 44 heavy (non-hydrogen) atoms. The number of aromatic hydroxyl groups is 1. The average Bonchev–Trinajstić information content (AvgIpc) is 3.42. The number of likely N-dealkylation sites (tertiary alicyclic amines) is 1. The Morgan fingerprint density at radius 1 is 1.11 bits per heavy atom. The van der Waals surface area contributed by atoms with Crippen LogP contribution >= 0.6 is 11.6 Å². The van der Waals surface area contributed by atoms with Gasteiger partial charge in [0.1, 0.15) is 22.7 Å². The molecule has 4 heterocycles. The number of fused-ring (bicyclic) bond motifs is 4. The molecule has 5 aromatic rings. The Bertz CT molecular complexity index is 1990. The molecule has 2 aliphatic carbocycles. The normalized spacial score (nSPS) is 21.2. The third-order valence-electron chi connectivity index (χ3n) is 10.0. The lowest BCUT2D eigenvalue weighted by Gasteiger charge is -2.27. The molecule has 3 N–H and O–H groups in total. The van der Waals surface area contributed by atoms with Crippen molar-refractivity contribution in [3.05, 3.63) is 58.6 Å². The van der Waals surface area contributed by atoms with Gasteiger partial charge in [-0.3, -0.25) is 4.79 Å². The van der Waals surface area contributed by atoms with Gasteiger partial charge in [0.2, 0.25) is 0 Å². The van der Waals surface area contributed by atoms with Gasteiger partial charge in [0, 0.05) is 59.3 Å². The van der Waals surface area contributed by atoms with Crippen molar-refractivity contribution in [2.45, 2.75) is 51.2 Å². The second-order valence-electron chi connectivity index (χ2n) is 12.8. The van der Waals surface area contributed by atoms with Crippen molar-refractivity contribution in [2.24, 2.45) is 24.6 Å². The zero-order valence-electron chi connectivity index (χ0n) is 25.0. The number of imidazole rings is 1. The first-order valence-corrected chi connectivity index (χ1v) is 15.7. The van der Waals surface area contributed by atoms with E-state index in [0.717, 1.165) is 64.3 Å². The lowest BCUT2D eigenvalue weighted by molar-refractivity contribution is 0.0700. The summed E-state index contributed by atoms with van der Waals surface area (Å²) in [6.45, 7) is 3.41. The third-order valence-corrected chi connectivity index (χ3v) is 10.3. The molecule has 3 fully saturated rings. The molecule has 1 aliphatic heterocycles. The van der Waals surface area contributed by atoms with Crippen LogP contribution in [0.25, 0.3) is 44.8 Å². The molecule has 3 aromatic heterocycles. The summed E-state index contributed by atoms with van der Waals surface area (Å²) in [5.41, 5.74) is 12.6. The maximum absolute atomic E-state index is 13.7. The number of rotatable bonds is 6. The van der Waals surface area contributed by atoms with Crippen molar-refractivity contribution < 1.29 is 14.6 Å². The van der Waals surface area contributed by atoms with Crippen LogP contribution in [-0.2, 0) is 13.6 Å². The summed E-state index contributed by atoms with van der Waals surface area (Å²) in [6, 6.07) is 13.5. The maximum Gasteiger partial charge on any atom is 0.254 e. The Hall–Kier alpha value is -4.08. The standard InChI is InChI=1S/C34H35ClN6O3/c1-17-23(13-22(35)14-28(17)42)24-8-6-19-11-27(40(32(19)37-24)15-18-4-5-18)33-38-25-10-21(12-29(44-3)31(25)39(33)2)34(43)41-16-20-7-9-26(41)30(20)36/h6,8,10-14,18,20,26,30,42H,4-5,7,9,15-16,36H2,1-3H3/t20?,26?,30-/m1/s1. The predicted octanol–water partition coefficient (Wildman–Crippen LogP) is 5.90. The number of aryl methyl sites for hydroxylation is 1. The summed E-state index contributed by atoms with van der Waals surface area (Å²) in [5, 5.41) is 11.9. The number of piperidine rings is 1. The summed E-state index contributed by atoms with van der Waals surface area (Å²) in [4.78, 5) is 25.9. The Labute approximate surface area is 260 Å². The van der Waals surface area contributed by atoms with Crippen LogP contribution in [0, 0.1) is 18.8 Å². The minimum atomic E-state index is -0.0121. The van der Waals surface area contributed by atoms with Gasteiger partial charge in [0.15, 0.2) is 5.82 Å². The Balaban J connectivity index is 1.25. The highest BCUT2D eigenvalue weighted by Crippen LogP contribution is 2.41. The summed E-state index contributed by atoms with van der Waals surface area (Å²) >= 11 is 6.31. The van der Waals surface area contributed by atoms with Gasteiger partial charge in [-0.05, 0) is 86.9 Å². The van der Waals surface area contributed by atoms with Crippen LogP contribution < -0.4 is 10.5 Å². The van der Waals surface area contributed by atoms with Crippen LogP contribution in [0.5, 0.6) is 11.5 Å². The molecule has 2 saturated carbocycles. The first kappa shape index (κ1) is 27.5. The van der Waals surface area contributed by atoms with Crippen LogP contribution in [0.4, 0.5) is 0 Å². The molecule has 3 atom stereocenters. The maximum atomic E-state index is 13.7. The van der Waals surface area contributed by atoms with Gasteiger partial charge in [-0.15, -0.1) is 0 Å². The second-order valence-corrected chi connectivity index (χ2v) is 13.2. The number of hydrogen-bond donors (Lipinski definition) is 2. The molecule has 9 nitrogen and oxygen atoms in total. The molecule has 2 bridgehead atoms. The Morgan fingerprint density at radius 2 is 1.93 bits per heavy atom. The number of aromatic nitrogens is 4. The second kappa shape index (κ2) is 9.97. The number of ether oxygens (including phenoxy) is 1. The number of benzene rings is 2. The van der Waals surface area contributed by atoms with Gasteiger partial charge in [0.05, 0.1) is 24.0 Å². The molecule has 1 saturated heterocycles. The van der Waals surface area contributed by atoms with E-state index in [2.05, 4.69) is 16.7 Å². The number of hydrogen-bond acceptors (Lipinski definition) is 6. The quantitative estimate of drug-likeness (QED) is 0.247. The van der Waals surface area contributed by atoms with Crippen LogP contribution in [0.15, 0.2) is 42.5 Å². The van der Waals surface area contributed by atoms with Crippen LogP contribution in [0.3, 0.4) is 0 Å². The van der Waals surface area contributed by atoms with Gasteiger partial charge >= 0.3 is 0 Å². The van der Waals surface area contributed by atoms with Crippen molar-refractivity contribution in [3.63, 3.8) is 0 Å². The number of nitrogens with zero attached hydrogens (tertiary/aromatic N) is 5. The monoisotopic (exact) mass is 610 g/mol. The smallest absolute Gasteiger partial charge is 0.254 e. The molecule has 1 amide bonds. The molecule has 3 aliphatic rings. The van der Waals surface area contributed by atoms with Crippen molar-refractivity contribution in [1.29, 1.82) is 0 Å². The van der Waals surface area contributed by atoms with Gasteiger partial charge in [-0.1, -0.05) is 11.6 Å². The lowest BCUT2D eigenvalue weighted by atomic mass is 10.0. The molecule has 2 aromatic carbocycles. The number of carbonyl (C=O) groups is 1. The molecule has 2 unspecified atom stereocenters. The number of nitrogens with two attached hydrogens (primary N) is 1. The Morgan fingerprint density at radius 3 is 2.64 bits per heavy atom. The Kier molecular flexibility index (Phi) is 6.22. The average molecular weight is 611 g/mol. The van der Waals surface area contributed by atoms with Crippen LogP contribution in [0.2, 0.25) is 5.02 Å². The van der Waals surface area contributed by atoms with Crippen molar-refractivity contribution >= 4 is 39.6 Å². The number of methoxy groups -OCH3 is 1. The van der Waals surface area contributed by atoms with Crippen LogP contribution in [0.1, 0.15) is 41.6 Å². The summed E-state index contributed by atoms with van der Waals surface area (Å²) < 4.78 is 10.2. The minimum absolute atomic E-state index is 0.0121. The fourth-order valence-corrected chi connectivity index (χ4v) is 7.62. The fraction of sp³-hybridized carbons (Fsp3) is 0.382. The van der Waals surface area contributed by atoms with Gasteiger partial charge in [-0.2, -0.15) is 0 Å². The number of phenols is 1. The first-order chi connectivity index (χ1) is 21.2. The highest BCUT2D eigenvalue weighted by Gasteiger charge is 2.47. The molecular weight excluding hydrogens is 576 g/mol. The van der Waals surface area contributed by atoms with Gasteiger partial charge < -0.3 is 29.6 Å². The predicted molar refractivity (Wildman–Crippen MR) is 171 cm³/mol. The first-order valence-electron chi connectivity index (χ1n) is 15.3. The SMILES string of the molecule is COc1cc(C(=O)N2CC3CCC2[C@@H]3N)cc2nc(-c3cc4ccc(-c5cc(Cl)cc(O)c5C)nc4n3CC3CC3)n(C)c12. The minimum Gasteiger partial charge on any atom is -0.508 e. The number of halogens is 1. The van der Waals surface area contributed by atoms with E-state index in [1.165, 1.54) is 12.8 Å². The van der Waals surface area contributed by atoms with E-state index in [4.69, 9.17) is 32.0 Å². The van der Waals surface area contributed by atoms with E-state index in [1.807, 2.05) is 47.7 Å². The highest BCUT2D eigenvalue weighted by atomic mass is 35.5. The molecular formula is C34H35ClN6O3. The summed E-state index contributed by atoms with van der Waals surface area (Å²) in [7, 11) is 3.62. The van der Waals surface area contributed by atoms with Crippen molar-refractivity contribution in [2.75, 3.05) is 13.7 Å². The number of pyridine rings is 1. The van der Waals surface area contributed by atoms with E-state index >= 15 is 0 Å². The van der Waals surface area contributed by atoms with Gasteiger partial charge in [-0.25, -0.2) is 9.97 Å². The zero-order chi connectivity index (χ0) is 30.4. The van der Waals surface area contributed by atoms with E-state index in [9.17, 15) is 9.90 Å². The molecule has 8 rings (SSSR count). The summed E-state index contributed by atoms with van der Waals surface area (Å²) in [6.07, 6.45) is 4.42. The molecule has 0 radical (unpaired) electrons. The van der Waals surface area contributed by atoms with Crippen molar-refractivity contribution in [3.8, 4) is 34.3 Å². The van der Waals surface area contributed by atoms with E-state index < -0.39 is 0 Å². The molecule has 0 spiro atoms. The molecule has 226 valence electrons. The highest BCUT2D eigenvalue weighted by molar-refractivity contribution is 6.31. The van der Waals surface area contributed by atoms with E-state index in [0.29, 0.717) is 40.2 Å². The zero-order valence-corrected chi connectivity index (χ0v) is 25.8. The van der Waals surface area contributed by atoms with Crippen molar-refractivity contribution in [1.82, 2.24) is 24.0 Å².